The minimum Gasteiger partial charge on any atom is -0.354 e. The molecule has 4 nitrogen and oxygen atoms in total. The third-order valence-electron chi connectivity index (χ3n) is 7.34. The van der Waals surface area contributed by atoms with Crippen LogP contribution < -0.4 is 10.2 Å². The molecule has 4 heteroatoms. The highest BCUT2D eigenvalue weighted by Gasteiger charge is 2.45. The maximum atomic E-state index is 4.83. The quantitative estimate of drug-likeness (QED) is 0.886. The molecule has 1 unspecified atom stereocenters. The molecule has 2 aromatic rings. The van der Waals surface area contributed by atoms with Crippen molar-refractivity contribution in [2.75, 3.05) is 44.2 Å². The van der Waals surface area contributed by atoms with E-state index in [0.717, 1.165) is 38.0 Å². The van der Waals surface area contributed by atoms with Crippen LogP contribution in [-0.2, 0) is 0 Å². The molecule has 2 aliphatic heterocycles. The Morgan fingerprint density at radius 2 is 1.75 bits per heavy atom. The highest BCUT2D eigenvalue weighted by atomic mass is 15.3. The molecule has 1 aromatic heterocycles. The standard InChI is InChI=1S/C24H32N4/c1-18-5-3-6-19(2)22(18)21-7-4-10-26-23(21)28-13-11-27(12-14-28)20-8-9-24(15-20)16-25-17-24/h3-7,10,20,25H,8-9,11-17H2,1-2H3. The molecule has 1 saturated carbocycles. The van der Waals surface area contributed by atoms with Crippen LogP contribution in [0.25, 0.3) is 11.1 Å². The van der Waals surface area contributed by atoms with E-state index in [1.165, 1.54) is 54.6 Å². The van der Waals surface area contributed by atoms with Crippen LogP contribution in [0.15, 0.2) is 36.5 Å². The van der Waals surface area contributed by atoms with E-state index >= 15 is 0 Å². The van der Waals surface area contributed by atoms with Crippen molar-refractivity contribution in [1.29, 1.82) is 0 Å². The van der Waals surface area contributed by atoms with Crippen molar-refractivity contribution in [3.05, 3.63) is 47.7 Å². The fraction of sp³-hybridized carbons (Fsp3) is 0.542. The zero-order valence-electron chi connectivity index (χ0n) is 17.2. The van der Waals surface area contributed by atoms with Gasteiger partial charge in [0.2, 0.25) is 0 Å². The maximum absolute atomic E-state index is 4.83. The van der Waals surface area contributed by atoms with Gasteiger partial charge in [-0.3, -0.25) is 4.90 Å². The first kappa shape index (κ1) is 18.1. The van der Waals surface area contributed by atoms with Gasteiger partial charge in [-0.15, -0.1) is 0 Å². The summed E-state index contributed by atoms with van der Waals surface area (Å²) < 4.78 is 0. The fourth-order valence-corrected chi connectivity index (χ4v) is 5.67. The Labute approximate surface area is 169 Å². The lowest BCUT2D eigenvalue weighted by Crippen LogP contribution is -2.54. The fourth-order valence-electron chi connectivity index (χ4n) is 5.67. The van der Waals surface area contributed by atoms with Gasteiger partial charge in [-0.05, 0) is 67.3 Å². The molecule has 148 valence electrons. The number of piperazine rings is 1. The van der Waals surface area contributed by atoms with Crippen LogP contribution in [0.1, 0.15) is 30.4 Å². The van der Waals surface area contributed by atoms with Crippen molar-refractivity contribution in [3.8, 4) is 11.1 Å². The molecule has 0 bridgehead atoms. The molecular weight excluding hydrogens is 344 g/mol. The number of pyridine rings is 1. The summed E-state index contributed by atoms with van der Waals surface area (Å²) in [5, 5.41) is 3.49. The van der Waals surface area contributed by atoms with Crippen LogP contribution in [0.5, 0.6) is 0 Å². The molecule has 1 aliphatic carbocycles. The van der Waals surface area contributed by atoms with E-state index < -0.39 is 0 Å². The van der Waals surface area contributed by atoms with Crippen LogP contribution in [-0.4, -0.2) is 55.2 Å². The van der Waals surface area contributed by atoms with E-state index in [-0.39, 0.29) is 0 Å². The van der Waals surface area contributed by atoms with Gasteiger partial charge in [0.25, 0.3) is 0 Å². The number of hydrogen-bond donors (Lipinski definition) is 1. The van der Waals surface area contributed by atoms with Gasteiger partial charge in [0.1, 0.15) is 5.82 Å². The summed E-state index contributed by atoms with van der Waals surface area (Å²) in [6, 6.07) is 11.7. The summed E-state index contributed by atoms with van der Waals surface area (Å²) in [5.74, 6) is 1.16. The van der Waals surface area contributed by atoms with Crippen LogP contribution in [0, 0.1) is 19.3 Å². The molecule has 1 N–H and O–H groups in total. The van der Waals surface area contributed by atoms with E-state index in [9.17, 15) is 0 Å². The lowest BCUT2D eigenvalue weighted by Gasteiger charge is -2.42. The van der Waals surface area contributed by atoms with Crippen LogP contribution >= 0.6 is 0 Å². The highest BCUT2D eigenvalue weighted by molar-refractivity contribution is 5.80. The van der Waals surface area contributed by atoms with Crippen molar-refractivity contribution >= 4 is 5.82 Å². The van der Waals surface area contributed by atoms with Crippen LogP contribution in [0.2, 0.25) is 0 Å². The van der Waals surface area contributed by atoms with E-state index in [1.807, 2.05) is 6.20 Å². The number of anilines is 1. The number of nitrogens with zero attached hydrogens (tertiary/aromatic N) is 3. The second-order valence-electron chi connectivity index (χ2n) is 9.16. The third-order valence-corrected chi connectivity index (χ3v) is 7.34. The van der Waals surface area contributed by atoms with Crippen LogP contribution in [0.3, 0.4) is 0 Å². The van der Waals surface area contributed by atoms with Gasteiger partial charge < -0.3 is 10.2 Å². The summed E-state index contributed by atoms with van der Waals surface area (Å²) >= 11 is 0. The minimum atomic E-state index is 0.637. The predicted octanol–water partition coefficient (Wildman–Crippen LogP) is 3.63. The van der Waals surface area contributed by atoms with E-state index in [2.05, 4.69) is 59.3 Å². The average Bonchev–Trinajstić information content (AvgIpc) is 3.15. The largest absolute Gasteiger partial charge is 0.354 e. The van der Waals surface area contributed by atoms with Gasteiger partial charge in [-0.1, -0.05) is 18.2 Å². The molecule has 1 spiro atoms. The molecule has 0 amide bonds. The molecule has 1 aromatic carbocycles. The smallest absolute Gasteiger partial charge is 0.136 e. The Morgan fingerprint density at radius 3 is 2.39 bits per heavy atom. The number of nitrogens with one attached hydrogen (secondary N) is 1. The lowest BCUT2D eigenvalue weighted by atomic mass is 9.80. The van der Waals surface area contributed by atoms with Gasteiger partial charge in [-0.25, -0.2) is 4.98 Å². The first-order valence-electron chi connectivity index (χ1n) is 10.9. The second kappa shape index (κ2) is 7.16. The first-order chi connectivity index (χ1) is 13.7. The molecule has 3 aliphatic rings. The summed E-state index contributed by atoms with van der Waals surface area (Å²) in [6.07, 6.45) is 6.15. The van der Waals surface area contributed by atoms with Gasteiger partial charge in [0.15, 0.2) is 0 Å². The van der Waals surface area contributed by atoms with Crippen LogP contribution in [0.4, 0.5) is 5.82 Å². The van der Waals surface area contributed by atoms with Crippen molar-refractivity contribution in [1.82, 2.24) is 15.2 Å². The minimum absolute atomic E-state index is 0.637. The summed E-state index contributed by atoms with van der Waals surface area (Å²) in [7, 11) is 0. The molecular formula is C24H32N4. The number of rotatable bonds is 3. The first-order valence-corrected chi connectivity index (χ1v) is 10.9. The summed E-state index contributed by atoms with van der Waals surface area (Å²) in [4.78, 5) is 10.1. The number of aromatic nitrogens is 1. The average molecular weight is 377 g/mol. The number of benzene rings is 1. The molecule has 3 heterocycles. The molecule has 3 fully saturated rings. The van der Waals surface area contributed by atoms with E-state index in [0.29, 0.717) is 5.41 Å². The van der Waals surface area contributed by atoms with E-state index in [4.69, 9.17) is 4.98 Å². The Balaban J connectivity index is 1.32. The molecule has 2 saturated heterocycles. The van der Waals surface area contributed by atoms with Gasteiger partial charge >= 0.3 is 0 Å². The van der Waals surface area contributed by atoms with Crippen molar-refractivity contribution in [3.63, 3.8) is 0 Å². The maximum Gasteiger partial charge on any atom is 0.136 e. The molecule has 5 rings (SSSR count). The normalized spacial score (nSPS) is 24.5. The van der Waals surface area contributed by atoms with Crippen molar-refractivity contribution < 1.29 is 0 Å². The third kappa shape index (κ3) is 3.13. The number of hydrogen-bond acceptors (Lipinski definition) is 4. The summed E-state index contributed by atoms with van der Waals surface area (Å²) in [6.45, 7) is 11.4. The Bertz CT molecular complexity index is 829. The lowest BCUT2D eigenvalue weighted by molar-refractivity contribution is 0.135. The Kier molecular flexibility index (Phi) is 4.64. The zero-order valence-corrected chi connectivity index (χ0v) is 17.2. The van der Waals surface area contributed by atoms with Crippen molar-refractivity contribution in [2.24, 2.45) is 5.41 Å². The number of aryl methyl sites for hydroxylation is 2. The molecule has 0 radical (unpaired) electrons. The zero-order chi connectivity index (χ0) is 19.1. The van der Waals surface area contributed by atoms with Gasteiger partial charge in [0, 0.05) is 57.1 Å². The van der Waals surface area contributed by atoms with Crippen molar-refractivity contribution in [2.45, 2.75) is 39.2 Å². The van der Waals surface area contributed by atoms with E-state index in [1.54, 1.807) is 0 Å². The second-order valence-corrected chi connectivity index (χ2v) is 9.16. The Morgan fingerprint density at radius 1 is 1.00 bits per heavy atom. The molecule has 28 heavy (non-hydrogen) atoms. The highest BCUT2D eigenvalue weighted by Crippen LogP contribution is 2.43. The van der Waals surface area contributed by atoms with Gasteiger partial charge in [0.05, 0.1) is 0 Å². The van der Waals surface area contributed by atoms with Gasteiger partial charge in [-0.2, -0.15) is 0 Å². The monoisotopic (exact) mass is 376 g/mol. The topological polar surface area (TPSA) is 31.4 Å². The predicted molar refractivity (Wildman–Crippen MR) is 116 cm³/mol. The Hall–Kier alpha value is -1.91. The SMILES string of the molecule is Cc1cccc(C)c1-c1cccnc1N1CCN(C2CCC3(CNC3)C2)CC1. The summed E-state index contributed by atoms with van der Waals surface area (Å²) in [5.41, 5.74) is 5.94. The molecule has 1 atom stereocenters.